The van der Waals surface area contributed by atoms with Gasteiger partial charge in [-0.25, -0.2) is 4.98 Å². The Morgan fingerprint density at radius 3 is 2.68 bits per heavy atom. The fourth-order valence-electron chi connectivity index (χ4n) is 2.59. The Morgan fingerprint density at radius 1 is 1.23 bits per heavy atom. The summed E-state index contributed by atoms with van der Waals surface area (Å²) in [6.45, 7) is 4.40. The molecule has 0 unspecified atom stereocenters. The number of aromatic nitrogens is 2. The minimum Gasteiger partial charge on any atom is -0.357 e. The molecule has 0 atom stereocenters. The number of nitrogens with one attached hydrogen (secondary N) is 1. The number of carbonyl (C=O) groups is 1. The van der Waals surface area contributed by atoms with E-state index in [0.29, 0.717) is 11.3 Å². The number of carbonyl (C=O) groups excluding carboxylic acids is 1. The van der Waals surface area contributed by atoms with E-state index in [1.807, 2.05) is 12.1 Å². The summed E-state index contributed by atoms with van der Waals surface area (Å²) in [5.41, 5.74) is 1.24. The molecule has 0 saturated carbocycles. The van der Waals surface area contributed by atoms with Gasteiger partial charge in [-0.1, -0.05) is 6.92 Å². The van der Waals surface area contributed by atoms with Gasteiger partial charge in [-0.3, -0.25) is 9.78 Å². The maximum Gasteiger partial charge on any atom is 0.257 e. The van der Waals surface area contributed by atoms with Crippen molar-refractivity contribution in [3.8, 4) is 0 Å². The van der Waals surface area contributed by atoms with Gasteiger partial charge in [0.25, 0.3) is 5.91 Å². The lowest BCUT2D eigenvalue weighted by Gasteiger charge is -2.31. The van der Waals surface area contributed by atoms with Gasteiger partial charge in [-0.05, 0) is 43.0 Å². The highest BCUT2D eigenvalue weighted by molar-refractivity contribution is 6.03. The van der Waals surface area contributed by atoms with Crippen LogP contribution in [0.5, 0.6) is 0 Å². The van der Waals surface area contributed by atoms with Crippen LogP contribution in [0.4, 0.5) is 11.5 Å². The van der Waals surface area contributed by atoms with Gasteiger partial charge in [0, 0.05) is 25.5 Å². The average molecular weight is 296 g/mol. The van der Waals surface area contributed by atoms with Crippen LogP contribution in [-0.2, 0) is 0 Å². The van der Waals surface area contributed by atoms with Crippen molar-refractivity contribution in [3.63, 3.8) is 0 Å². The number of hydrogen-bond acceptors (Lipinski definition) is 4. The molecular formula is C17H20N4O. The first-order valence-electron chi connectivity index (χ1n) is 7.65. The molecule has 0 aromatic carbocycles. The molecule has 5 heteroatoms. The summed E-state index contributed by atoms with van der Waals surface area (Å²) in [4.78, 5) is 22.8. The summed E-state index contributed by atoms with van der Waals surface area (Å²) < 4.78 is 0. The van der Waals surface area contributed by atoms with Crippen molar-refractivity contribution in [2.75, 3.05) is 23.3 Å². The lowest BCUT2D eigenvalue weighted by Crippen LogP contribution is -2.33. The zero-order chi connectivity index (χ0) is 15.4. The van der Waals surface area contributed by atoms with Crippen molar-refractivity contribution in [2.24, 2.45) is 5.92 Å². The predicted molar refractivity (Wildman–Crippen MR) is 87.0 cm³/mol. The van der Waals surface area contributed by atoms with Crippen LogP contribution in [0, 0.1) is 5.92 Å². The number of piperidine rings is 1. The zero-order valence-corrected chi connectivity index (χ0v) is 12.7. The highest BCUT2D eigenvalue weighted by atomic mass is 16.1. The van der Waals surface area contributed by atoms with Crippen molar-refractivity contribution in [2.45, 2.75) is 19.8 Å². The van der Waals surface area contributed by atoms with E-state index in [1.165, 1.54) is 12.8 Å². The lowest BCUT2D eigenvalue weighted by molar-refractivity contribution is 0.102. The molecule has 1 fully saturated rings. The fraction of sp³-hybridized carbons (Fsp3) is 0.353. The van der Waals surface area contributed by atoms with Gasteiger partial charge < -0.3 is 10.2 Å². The molecule has 1 saturated heterocycles. The van der Waals surface area contributed by atoms with Crippen LogP contribution in [-0.4, -0.2) is 29.0 Å². The van der Waals surface area contributed by atoms with E-state index in [-0.39, 0.29) is 5.91 Å². The van der Waals surface area contributed by atoms with E-state index < -0.39 is 0 Å². The molecule has 1 aliphatic heterocycles. The number of anilines is 2. The third-order valence-corrected chi connectivity index (χ3v) is 4.04. The molecule has 0 bridgehead atoms. The number of rotatable bonds is 3. The maximum atomic E-state index is 12.0. The highest BCUT2D eigenvalue weighted by Crippen LogP contribution is 2.22. The first-order valence-corrected chi connectivity index (χ1v) is 7.65. The van der Waals surface area contributed by atoms with Crippen LogP contribution >= 0.6 is 0 Å². The van der Waals surface area contributed by atoms with Crippen LogP contribution in [0.25, 0.3) is 0 Å². The molecular weight excluding hydrogens is 276 g/mol. The number of amides is 1. The average Bonchev–Trinajstić information content (AvgIpc) is 2.57. The first kappa shape index (κ1) is 14.5. The highest BCUT2D eigenvalue weighted by Gasteiger charge is 2.16. The number of nitrogens with zero attached hydrogens (tertiary/aromatic N) is 3. The molecule has 0 aliphatic carbocycles. The van der Waals surface area contributed by atoms with E-state index >= 15 is 0 Å². The largest absolute Gasteiger partial charge is 0.357 e. The van der Waals surface area contributed by atoms with Crippen molar-refractivity contribution >= 4 is 17.4 Å². The van der Waals surface area contributed by atoms with Gasteiger partial charge in [0.1, 0.15) is 5.82 Å². The fourth-order valence-corrected chi connectivity index (χ4v) is 2.59. The summed E-state index contributed by atoms with van der Waals surface area (Å²) in [6, 6.07) is 7.34. The first-order chi connectivity index (χ1) is 10.7. The second-order valence-corrected chi connectivity index (χ2v) is 5.77. The summed E-state index contributed by atoms with van der Waals surface area (Å²) in [5.74, 6) is 1.61. The molecule has 2 aromatic rings. The molecule has 0 radical (unpaired) electrons. The Hall–Kier alpha value is -2.43. The molecule has 1 N–H and O–H groups in total. The van der Waals surface area contributed by atoms with E-state index in [9.17, 15) is 4.79 Å². The maximum absolute atomic E-state index is 12.0. The van der Waals surface area contributed by atoms with Gasteiger partial charge in [0.05, 0.1) is 17.4 Å². The van der Waals surface area contributed by atoms with Crippen molar-refractivity contribution in [3.05, 3.63) is 48.4 Å². The Balaban J connectivity index is 1.63. The van der Waals surface area contributed by atoms with Crippen molar-refractivity contribution in [1.29, 1.82) is 0 Å². The molecule has 1 aliphatic rings. The van der Waals surface area contributed by atoms with Crippen LogP contribution in [0.2, 0.25) is 0 Å². The van der Waals surface area contributed by atoms with E-state index in [2.05, 4.69) is 27.1 Å². The van der Waals surface area contributed by atoms with Crippen LogP contribution in [0.3, 0.4) is 0 Å². The van der Waals surface area contributed by atoms with Gasteiger partial charge in [-0.2, -0.15) is 0 Å². The second kappa shape index (κ2) is 6.56. The molecule has 2 aromatic heterocycles. The molecule has 3 rings (SSSR count). The third-order valence-electron chi connectivity index (χ3n) is 4.04. The van der Waals surface area contributed by atoms with E-state index in [0.717, 1.165) is 24.8 Å². The minimum absolute atomic E-state index is 0.172. The quantitative estimate of drug-likeness (QED) is 0.946. The van der Waals surface area contributed by atoms with Gasteiger partial charge in [-0.15, -0.1) is 0 Å². The van der Waals surface area contributed by atoms with Crippen LogP contribution in [0.15, 0.2) is 42.9 Å². The standard InChI is InChI=1S/C17H20N4O/c1-13-6-9-21(10-7-13)16-5-4-15(12-19-16)20-17(22)14-3-2-8-18-11-14/h2-5,8,11-13H,6-7,9-10H2,1H3,(H,20,22). The summed E-state index contributed by atoms with van der Waals surface area (Å²) in [5, 5.41) is 2.84. The second-order valence-electron chi connectivity index (χ2n) is 5.77. The Bertz CT molecular complexity index is 619. The normalized spacial score (nSPS) is 15.6. The summed E-state index contributed by atoms with van der Waals surface area (Å²) in [7, 11) is 0. The van der Waals surface area contributed by atoms with E-state index in [4.69, 9.17) is 0 Å². The van der Waals surface area contributed by atoms with Gasteiger partial charge >= 0.3 is 0 Å². The molecule has 5 nitrogen and oxygen atoms in total. The third kappa shape index (κ3) is 3.42. The summed E-state index contributed by atoms with van der Waals surface area (Å²) in [6.07, 6.45) is 7.32. The monoisotopic (exact) mass is 296 g/mol. The predicted octanol–water partition coefficient (Wildman–Crippen LogP) is 2.97. The molecule has 1 amide bonds. The van der Waals surface area contributed by atoms with E-state index in [1.54, 1.807) is 30.7 Å². The summed E-state index contributed by atoms with van der Waals surface area (Å²) >= 11 is 0. The number of pyridine rings is 2. The molecule has 0 spiro atoms. The lowest BCUT2D eigenvalue weighted by atomic mass is 9.99. The van der Waals surface area contributed by atoms with Crippen molar-refractivity contribution in [1.82, 2.24) is 9.97 Å². The minimum atomic E-state index is -0.172. The SMILES string of the molecule is CC1CCN(c2ccc(NC(=O)c3cccnc3)cn2)CC1. The topological polar surface area (TPSA) is 58.1 Å². The van der Waals surface area contributed by atoms with Gasteiger partial charge in [0.15, 0.2) is 0 Å². The van der Waals surface area contributed by atoms with Gasteiger partial charge in [0.2, 0.25) is 0 Å². The van der Waals surface area contributed by atoms with Crippen LogP contribution in [0.1, 0.15) is 30.1 Å². The Labute approximate surface area is 130 Å². The Kier molecular flexibility index (Phi) is 4.32. The molecule has 22 heavy (non-hydrogen) atoms. The smallest absolute Gasteiger partial charge is 0.257 e. The zero-order valence-electron chi connectivity index (χ0n) is 12.7. The molecule has 3 heterocycles. The molecule has 114 valence electrons. The Morgan fingerprint density at radius 2 is 2.05 bits per heavy atom. The van der Waals surface area contributed by atoms with Crippen molar-refractivity contribution < 1.29 is 4.79 Å². The van der Waals surface area contributed by atoms with Crippen LogP contribution < -0.4 is 10.2 Å². The number of hydrogen-bond donors (Lipinski definition) is 1.